The summed E-state index contributed by atoms with van der Waals surface area (Å²) in [5.74, 6) is 0.881. The number of nitrogens with one attached hydrogen (secondary N) is 1. The van der Waals surface area contributed by atoms with Crippen molar-refractivity contribution >= 4 is 5.69 Å². The van der Waals surface area contributed by atoms with Crippen molar-refractivity contribution in [3.05, 3.63) is 24.3 Å². The number of methoxy groups -OCH3 is 1. The lowest BCUT2D eigenvalue weighted by Gasteiger charge is -2.42. The van der Waals surface area contributed by atoms with Gasteiger partial charge in [0.1, 0.15) is 5.75 Å². The van der Waals surface area contributed by atoms with Crippen LogP contribution in [0.1, 0.15) is 19.3 Å². The summed E-state index contributed by atoms with van der Waals surface area (Å²) in [6, 6.07) is 8.00. The molecule has 0 atom stereocenters. The number of rotatable bonds is 4. The minimum Gasteiger partial charge on any atom is -0.497 e. The smallest absolute Gasteiger partial charge is 0.120 e. The van der Waals surface area contributed by atoms with Crippen molar-refractivity contribution in [3.8, 4) is 5.75 Å². The molecule has 0 aliphatic heterocycles. The van der Waals surface area contributed by atoms with Gasteiger partial charge in [-0.3, -0.25) is 0 Å². The Morgan fingerprint density at radius 2 is 2.27 bits per heavy atom. The first-order valence-electron chi connectivity index (χ1n) is 5.40. The summed E-state index contributed by atoms with van der Waals surface area (Å²) in [7, 11) is 1.68. The predicted molar refractivity (Wildman–Crippen MR) is 62.3 cm³/mol. The van der Waals surface area contributed by atoms with Gasteiger partial charge in [0.25, 0.3) is 0 Å². The average Bonchev–Trinajstić information content (AvgIpc) is 2.24. The lowest BCUT2D eigenvalue weighted by atomic mass is 9.76. The molecule has 0 saturated heterocycles. The molecule has 0 unspecified atom stereocenters. The number of hydrogen-bond acceptors (Lipinski definition) is 3. The molecule has 0 heterocycles. The third-order valence-electron chi connectivity index (χ3n) is 3.18. The molecule has 1 saturated carbocycles. The molecule has 3 heteroatoms. The molecule has 1 aliphatic rings. The standard InChI is InChI=1S/C12H18N2O/c1-15-11-5-2-4-10(8-11)14-12(9-13)6-3-7-12/h2,4-5,8,14H,3,6-7,9,13H2,1H3. The molecule has 0 aromatic heterocycles. The van der Waals surface area contributed by atoms with E-state index in [1.54, 1.807) is 7.11 Å². The maximum atomic E-state index is 5.79. The van der Waals surface area contributed by atoms with Gasteiger partial charge >= 0.3 is 0 Å². The number of hydrogen-bond donors (Lipinski definition) is 2. The molecule has 1 aliphatic carbocycles. The van der Waals surface area contributed by atoms with E-state index in [0.717, 1.165) is 11.4 Å². The topological polar surface area (TPSA) is 47.3 Å². The Morgan fingerprint density at radius 3 is 2.80 bits per heavy atom. The lowest BCUT2D eigenvalue weighted by Crippen LogP contribution is -2.51. The molecular weight excluding hydrogens is 188 g/mol. The van der Waals surface area contributed by atoms with Crippen LogP contribution in [0, 0.1) is 0 Å². The Hall–Kier alpha value is -1.22. The van der Waals surface area contributed by atoms with E-state index in [9.17, 15) is 0 Å². The summed E-state index contributed by atoms with van der Waals surface area (Å²) in [6.45, 7) is 0.699. The maximum absolute atomic E-state index is 5.79. The molecular formula is C12H18N2O. The highest BCUT2D eigenvalue weighted by atomic mass is 16.5. The molecule has 0 bridgehead atoms. The zero-order chi connectivity index (χ0) is 10.7. The van der Waals surface area contributed by atoms with Crippen molar-refractivity contribution in [1.82, 2.24) is 0 Å². The van der Waals surface area contributed by atoms with Crippen LogP contribution in [-0.2, 0) is 0 Å². The van der Waals surface area contributed by atoms with Crippen molar-refractivity contribution in [1.29, 1.82) is 0 Å². The average molecular weight is 206 g/mol. The van der Waals surface area contributed by atoms with E-state index in [1.165, 1.54) is 19.3 Å². The summed E-state index contributed by atoms with van der Waals surface area (Å²) in [5.41, 5.74) is 7.02. The first-order chi connectivity index (χ1) is 7.28. The molecule has 1 fully saturated rings. The fourth-order valence-corrected chi connectivity index (χ4v) is 1.99. The number of benzene rings is 1. The molecule has 3 nitrogen and oxygen atoms in total. The van der Waals surface area contributed by atoms with Gasteiger partial charge in [-0.05, 0) is 31.4 Å². The highest BCUT2D eigenvalue weighted by Gasteiger charge is 2.35. The van der Waals surface area contributed by atoms with E-state index in [4.69, 9.17) is 10.5 Å². The molecule has 0 radical (unpaired) electrons. The third-order valence-corrected chi connectivity index (χ3v) is 3.18. The molecule has 1 aromatic rings. The molecule has 2 rings (SSSR count). The minimum atomic E-state index is 0.131. The molecule has 15 heavy (non-hydrogen) atoms. The number of ether oxygens (including phenoxy) is 1. The monoisotopic (exact) mass is 206 g/mol. The van der Waals surface area contributed by atoms with Crippen molar-refractivity contribution in [3.63, 3.8) is 0 Å². The first-order valence-corrected chi connectivity index (χ1v) is 5.40. The fourth-order valence-electron chi connectivity index (χ4n) is 1.99. The van der Waals surface area contributed by atoms with Gasteiger partial charge in [0.2, 0.25) is 0 Å². The van der Waals surface area contributed by atoms with Gasteiger partial charge in [-0.25, -0.2) is 0 Å². The van der Waals surface area contributed by atoms with E-state index in [0.29, 0.717) is 6.54 Å². The van der Waals surface area contributed by atoms with Gasteiger partial charge in [-0.2, -0.15) is 0 Å². The number of anilines is 1. The van der Waals surface area contributed by atoms with E-state index in [1.807, 2.05) is 18.2 Å². The minimum absolute atomic E-state index is 0.131. The van der Waals surface area contributed by atoms with Crippen LogP contribution >= 0.6 is 0 Å². The zero-order valence-electron chi connectivity index (χ0n) is 9.12. The van der Waals surface area contributed by atoms with E-state index in [-0.39, 0.29) is 5.54 Å². The van der Waals surface area contributed by atoms with E-state index < -0.39 is 0 Å². The van der Waals surface area contributed by atoms with Gasteiger partial charge in [0.15, 0.2) is 0 Å². The van der Waals surface area contributed by atoms with Gasteiger partial charge in [-0.15, -0.1) is 0 Å². The second kappa shape index (κ2) is 4.11. The molecule has 0 amide bonds. The number of nitrogens with two attached hydrogens (primary N) is 1. The van der Waals surface area contributed by atoms with Crippen molar-refractivity contribution in [2.75, 3.05) is 19.0 Å². The van der Waals surface area contributed by atoms with Gasteiger partial charge < -0.3 is 15.8 Å². The van der Waals surface area contributed by atoms with Crippen LogP contribution in [0.2, 0.25) is 0 Å². The van der Waals surface area contributed by atoms with Crippen molar-refractivity contribution in [2.24, 2.45) is 5.73 Å². The Bertz CT molecular complexity index is 329. The van der Waals surface area contributed by atoms with Gasteiger partial charge in [0, 0.05) is 23.8 Å². The van der Waals surface area contributed by atoms with Crippen LogP contribution in [0.5, 0.6) is 5.75 Å². The van der Waals surface area contributed by atoms with E-state index in [2.05, 4.69) is 11.4 Å². The molecule has 0 spiro atoms. The van der Waals surface area contributed by atoms with Gasteiger partial charge in [-0.1, -0.05) is 6.07 Å². The Kier molecular flexibility index (Phi) is 2.82. The molecule has 3 N–H and O–H groups in total. The summed E-state index contributed by atoms with van der Waals surface area (Å²) in [6.07, 6.45) is 3.61. The SMILES string of the molecule is COc1cccc(NC2(CN)CCC2)c1. The van der Waals surface area contributed by atoms with Crippen LogP contribution in [-0.4, -0.2) is 19.2 Å². The summed E-state index contributed by atoms with van der Waals surface area (Å²) in [4.78, 5) is 0. The second-order valence-corrected chi connectivity index (χ2v) is 4.19. The maximum Gasteiger partial charge on any atom is 0.120 e. The summed E-state index contributed by atoms with van der Waals surface area (Å²) >= 11 is 0. The van der Waals surface area contributed by atoms with Crippen molar-refractivity contribution in [2.45, 2.75) is 24.8 Å². The van der Waals surface area contributed by atoms with E-state index >= 15 is 0 Å². The normalized spacial score (nSPS) is 18.0. The summed E-state index contributed by atoms with van der Waals surface area (Å²) < 4.78 is 5.18. The predicted octanol–water partition coefficient (Wildman–Crippen LogP) is 1.99. The van der Waals surface area contributed by atoms with Crippen LogP contribution in [0.4, 0.5) is 5.69 Å². The quantitative estimate of drug-likeness (QED) is 0.792. The van der Waals surface area contributed by atoms with Crippen LogP contribution in [0.25, 0.3) is 0 Å². The largest absolute Gasteiger partial charge is 0.497 e. The Balaban J connectivity index is 2.09. The van der Waals surface area contributed by atoms with Crippen LogP contribution in [0.3, 0.4) is 0 Å². The summed E-state index contributed by atoms with van der Waals surface area (Å²) in [5, 5.41) is 3.51. The highest BCUT2D eigenvalue weighted by molar-refractivity contribution is 5.50. The fraction of sp³-hybridized carbons (Fsp3) is 0.500. The first kappa shape index (κ1) is 10.3. The molecule has 1 aromatic carbocycles. The second-order valence-electron chi connectivity index (χ2n) is 4.19. The Labute approximate surface area is 90.6 Å². The third kappa shape index (κ3) is 2.07. The van der Waals surface area contributed by atoms with Crippen LogP contribution < -0.4 is 15.8 Å². The van der Waals surface area contributed by atoms with Crippen LogP contribution in [0.15, 0.2) is 24.3 Å². The molecule has 82 valence electrons. The van der Waals surface area contributed by atoms with Crippen molar-refractivity contribution < 1.29 is 4.74 Å². The van der Waals surface area contributed by atoms with Gasteiger partial charge in [0.05, 0.1) is 7.11 Å². The Morgan fingerprint density at radius 1 is 1.47 bits per heavy atom. The zero-order valence-corrected chi connectivity index (χ0v) is 9.12. The highest BCUT2D eigenvalue weighted by Crippen LogP contribution is 2.34. The lowest BCUT2D eigenvalue weighted by molar-refractivity contribution is 0.287.